The second-order valence-corrected chi connectivity index (χ2v) is 18.3. The van der Waals surface area contributed by atoms with Crippen LogP contribution >= 0.6 is 0 Å². The van der Waals surface area contributed by atoms with Gasteiger partial charge in [0.2, 0.25) is 35.4 Å². The number of aromatic amines is 2. The van der Waals surface area contributed by atoms with Crippen LogP contribution in [0.5, 0.6) is 5.75 Å². The van der Waals surface area contributed by atoms with E-state index >= 15 is 0 Å². The van der Waals surface area contributed by atoms with Crippen LogP contribution in [0.25, 0.3) is 21.8 Å². The monoisotopic (exact) mass is 947 g/mol. The first kappa shape index (κ1) is 49.6. The van der Waals surface area contributed by atoms with Gasteiger partial charge in [0.05, 0.1) is 12.6 Å². The number of para-hydroxylation sites is 2. The Bertz CT molecular complexity index is 2640. The number of carboxylic acids is 1. The third kappa shape index (κ3) is 12.5. The molecule has 366 valence electrons. The van der Waals surface area contributed by atoms with Gasteiger partial charge in [-0.05, 0) is 85.5 Å². The largest absolute Gasteiger partial charge is 0.508 e. The molecular formula is C50H61N9O10. The number of H-pyrrole nitrogens is 2. The minimum absolute atomic E-state index is 0.0128. The van der Waals surface area contributed by atoms with E-state index in [1.165, 1.54) is 29.2 Å². The van der Waals surface area contributed by atoms with Crippen LogP contribution in [-0.2, 0) is 52.8 Å². The van der Waals surface area contributed by atoms with Crippen molar-refractivity contribution in [1.82, 2.24) is 46.8 Å². The standard InChI is InChI=1S/C50H61N9O10/c1-28(2)21-38(54-44(62)37-13-7-19-51-37)45(63)56-40(23-30-25-52-35-11-5-3-9-33(30)35)49(67)59-20-8-14-43(59)48(66)58-42(27-60)47(65)55-39(22-29-15-17-32(61)18-16-29)46(64)57-41(50(68)69)24-31-26-53-36-12-6-4-10-34(31)36/h3-6,9-12,15-18,25-26,28,37-43,51-53,60-61H,7-8,13-14,19-24,27H2,1-2H3,(H,54,62)(H,55,65)(H,56,63)(H,57,64)(H,58,66)(H,68,69)/t37-,38-,39-,40-,41-,42-,43-/m0/s1. The van der Waals surface area contributed by atoms with Crippen LogP contribution in [0.3, 0.4) is 0 Å². The molecule has 69 heavy (non-hydrogen) atoms. The van der Waals surface area contributed by atoms with Crippen molar-refractivity contribution in [2.45, 2.75) is 108 Å². The number of carboxylic acid groups (broad SMARTS) is 1. The Labute approximate surface area is 398 Å². The zero-order valence-electron chi connectivity index (χ0n) is 38.6. The SMILES string of the molecule is CC(C)C[C@H](NC(=O)[C@@H]1CCCN1)C(=O)N[C@@H](Cc1c[nH]c2ccccc12)C(=O)N1CCC[C@H]1C(=O)N[C@@H](CO)C(=O)N[C@@H](Cc1ccc(O)cc1)C(=O)N[C@@H](Cc1c[nH]c2ccccc12)C(=O)O. The van der Waals surface area contributed by atoms with Gasteiger partial charge in [-0.2, -0.15) is 0 Å². The third-order valence-corrected chi connectivity index (χ3v) is 12.8. The van der Waals surface area contributed by atoms with Crippen LogP contribution < -0.4 is 31.9 Å². The van der Waals surface area contributed by atoms with Gasteiger partial charge in [0.25, 0.3) is 0 Å². The molecule has 2 fully saturated rings. The van der Waals surface area contributed by atoms with Gasteiger partial charge in [-0.25, -0.2) is 4.79 Å². The number of amides is 6. The predicted octanol–water partition coefficient (Wildman–Crippen LogP) is 1.67. The zero-order valence-corrected chi connectivity index (χ0v) is 38.6. The number of carbonyl (C=O) groups excluding carboxylic acids is 6. The van der Waals surface area contributed by atoms with Crippen molar-refractivity contribution >= 4 is 63.2 Å². The molecule has 7 atom stereocenters. The van der Waals surface area contributed by atoms with Crippen molar-refractivity contribution in [3.05, 3.63) is 102 Å². The fourth-order valence-corrected chi connectivity index (χ4v) is 9.18. The summed E-state index contributed by atoms with van der Waals surface area (Å²) in [7, 11) is 0. The molecule has 0 spiro atoms. The quantitative estimate of drug-likeness (QED) is 0.0503. The lowest BCUT2D eigenvalue weighted by atomic mass is 10.00. The highest BCUT2D eigenvalue weighted by Gasteiger charge is 2.40. The van der Waals surface area contributed by atoms with Gasteiger partial charge in [-0.1, -0.05) is 62.4 Å². The van der Waals surface area contributed by atoms with E-state index in [4.69, 9.17) is 0 Å². The fraction of sp³-hybridized carbons (Fsp3) is 0.420. The van der Waals surface area contributed by atoms with Crippen molar-refractivity contribution in [2.75, 3.05) is 19.7 Å². The van der Waals surface area contributed by atoms with Crippen molar-refractivity contribution < 1.29 is 48.9 Å². The lowest BCUT2D eigenvalue weighted by Crippen LogP contribution is -2.60. The van der Waals surface area contributed by atoms with E-state index in [1.807, 2.05) is 62.4 Å². The number of fused-ring (bicyclic) bond motifs is 2. The number of rotatable bonds is 21. The summed E-state index contributed by atoms with van der Waals surface area (Å²) in [4.78, 5) is 104. The fourth-order valence-electron chi connectivity index (χ4n) is 9.18. The van der Waals surface area contributed by atoms with Crippen LogP contribution in [-0.4, -0.2) is 134 Å². The van der Waals surface area contributed by atoms with Gasteiger partial charge in [0.15, 0.2) is 0 Å². The molecule has 2 aliphatic rings. The Morgan fingerprint density at radius 1 is 0.652 bits per heavy atom. The number of phenols is 1. The summed E-state index contributed by atoms with van der Waals surface area (Å²) in [6, 6.07) is 12.5. The maximum atomic E-state index is 14.7. The molecule has 19 nitrogen and oxygen atoms in total. The van der Waals surface area contributed by atoms with E-state index < -0.39 is 84.4 Å². The van der Waals surface area contributed by atoms with E-state index in [1.54, 1.807) is 12.4 Å². The number of phenolic OH excluding ortho intramolecular Hbond substituents is 1. The number of aliphatic hydroxyl groups excluding tert-OH is 1. The number of hydrogen-bond acceptors (Lipinski definition) is 10. The van der Waals surface area contributed by atoms with E-state index in [-0.39, 0.29) is 49.8 Å². The summed E-state index contributed by atoms with van der Waals surface area (Å²) in [5.41, 5.74) is 3.48. The first-order valence-corrected chi connectivity index (χ1v) is 23.5. The lowest BCUT2D eigenvalue weighted by Gasteiger charge is -2.31. The summed E-state index contributed by atoms with van der Waals surface area (Å²) >= 11 is 0. The Morgan fingerprint density at radius 3 is 1.81 bits per heavy atom. The summed E-state index contributed by atoms with van der Waals surface area (Å²) in [6.07, 6.45) is 5.60. The molecule has 2 saturated heterocycles. The summed E-state index contributed by atoms with van der Waals surface area (Å²) in [5.74, 6) is -5.33. The van der Waals surface area contributed by atoms with Crippen LogP contribution in [0.15, 0.2) is 85.2 Å². The Balaban J connectivity index is 1.07. The molecule has 3 aromatic carbocycles. The zero-order chi connectivity index (χ0) is 49.2. The molecule has 0 saturated carbocycles. The second-order valence-electron chi connectivity index (χ2n) is 18.3. The van der Waals surface area contributed by atoms with Crippen LogP contribution in [0.4, 0.5) is 0 Å². The molecule has 6 amide bonds. The Hall–Kier alpha value is -7.25. The van der Waals surface area contributed by atoms with Crippen LogP contribution in [0, 0.1) is 5.92 Å². The molecule has 5 aromatic rings. The number of carbonyl (C=O) groups is 7. The number of aliphatic carboxylic acids is 1. The van der Waals surface area contributed by atoms with Gasteiger partial charge in [-0.3, -0.25) is 28.8 Å². The molecule has 2 aromatic heterocycles. The number of aliphatic hydroxyl groups is 1. The number of aromatic nitrogens is 2. The first-order chi connectivity index (χ1) is 33.2. The van der Waals surface area contributed by atoms with E-state index in [0.717, 1.165) is 33.8 Å². The maximum Gasteiger partial charge on any atom is 0.326 e. The average molecular weight is 948 g/mol. The minimum Gasteiger partial charge on any atom is -0.508 e. The van der Waals surface area contributed by atoms with E-state index in [2.05, 4.69) is 41.9 Å². The van der Waals surface area contributed by atoms with E-state index in [9.17, 15) is 48.9 Å². The number of hydrogen-bond donors (Lipinski definition) is 11. The highest BCUT2D eigenvalue weighted by Crippen LogP contribution is 2.24. The smallest absolute Gasteiger partial charge is 0.326 e. The maximum absolute atomic E-state index is 14.7. The van der Waals surface area contributed by atoms with Crippen LogP contribution in [0.1, 0.15) is 62.6 Å². The average Bonchev–Trinajstić information content (AvgIpc) is 4.18. The Kier molecular flexibility index (Phi) is 16.3. The third-order valence-electron chi connectivity index (χ3n) is 12.8. The molecule has 0 bridgehead atoms. The van der Waals surface area contributed by atoms with Gasteiger partial charge in [0, 0.05) is 60.0 Å². The summed E-state index contributed by atoms with van der Waals surface area (Å²) in [6.45, 7) is 3.79. The molecule has 0 radical (unpaired) electrons. The molecule has 2 aliphatic heterocycles. The molecule has 0 aliphatic carbocycles. The van der Waals surface area contributed by atoms with Crippen molar-refractivity contribution in [2.24, 2.45) is 5.92 Å². The number of benzene rings is 3. The van der Waals surface area contributed by atoms with Crippen molar-refractivity contribution in [3.63, 3.8) is 0 Å². The van der Waals surface area contributed by atoms with E-state index in [0.29, 0.717) is 36.9 Å². The van der Waals surface area contributed by atoms with Crippen LogP contribution in [0.2, 0.25) is 0 Å². The number of likely N-dealkylation sites (tertiary alicyclic amines) is 1. The van der Waals surface area contributed by atoms with Crippen molar-refractivity contribution in [3.8, 4) is 5.75 Å². The van der Waals surface area contributed by atoms with Gasteiger partial charge in [-0.15, -0.1) is 0 Å². The molecule has 0 unspecified atom stereocenters. The molecular weight excluding hydrogens is 887 g/mol. The number of nitrogens with one attached hydrogen (secondary N) is 8. The van der Waals surface area contributed by atoms with Gasteiger partial charge in [0.1, 0.15) is 42.0 Å². The van der Waals surface area contributed by atoms with Gasteiger partial charge >= 0.3 is 5.97 Å². The number of nitrogens with zero attached hydrogens (tertiary/aromatic N) is 1. The summed E-state index contributed by atoms with van der Waals surface area (Å²) < 4.78 is 0. The summed E-state index contributed by atoms with van der Waals surface area (Å²) in [5, 5.41) is 48.8. The molecule has 19 heteroatoms. The molecule has 11 N–H and O–H groups in total. The second kappa shape index (κ2) is 22.7. The van der Waals surface area contributed by atoms with Crippen molar-refractivity contribution in [1.29, 1.82) is 0 Å². The topological polar surface area (TPSA) is 287 Å². The first-order valence-electron chi connectivity index (χ1n) is 23.5. The molecule has 7 rings (SSSR count). The Morgan fingerprint density at radius 2 is 1.22 bits per heavy atom. The molecule has 4 heterocycles. The highest BCUT2D eigenvalue weighted by molar-refractivity contribution is 5.98. The lowest BCUT2D eigenvalue weighted by molar-refractivity contribution is -0.143. The number of aromatic hydroxyl groups is 1. The highest BCUT2D eigenvalue weighted by atomic mass is 16.4. The predicted molar refractivity (Wildman–Crippen MR) is 255 cm³/mol. The van der Waals surface area contributed by atoms with Gasteiger partial charge < -0.3 is 62.1 Å². The normalized spacial score (nSPS) is 18.0. The minimum atomic E-state index is -1.61.